The summed E-state index contributed by atoms with van der Waals surface area (Å²) < 4.78 is 0. The van der Waals surface area contributed by atoms with Gasteiger partial charge in [0.15, 0.2) is 0 Å². The van der Waals surface area contributed by atoms with Gasteiger partial charge in [0.1, 0.15) is 0 Å². The van der Waals surface area contributed by atoms with Crippen LogP contribution >= 0.6 is 25.3 Å². The van der Waals surface area contributed by atoms with Crippen molar-refractivity contribution in [3.05, 3.63) is 29.8 Å². The van der Waals surface area contributed by atoms with Crippen LogP contribution in [0.25, 0.3) is 0 Å². The average molecular weight is 170 g/mol. The zero-order valence-electron chi connectivity index (χ0n) is 5.78. The first-order valence-electron chi connectivity index (χ1n) is 3.18. The van der Waals surface area contributed by atoms with Crippen LogP contribution in [-0.2, 0) is 0 Å². The number of benzene rings is 1. The highest BCUT2D eigenvalue weighted by Crippen LogP contribution is 2.24. The second-order valence-corrected chi connectivity index (χ2v) is 3.49. The monoisotopic (exact) mass is 170 g/mol. The van der Waals surface area contributed by atoms with Crippen LogP contribution in [0.5, 0.6) is 0 Å². The van der Waals surface area contributed by atoms with E-state index in [0.717, 1.165) is 4.90 Å². The van der Waals surface area contributed by atoms with Crippen molar-refractivity contribution in [2.75, 3.05) is 0 Å². The van der Waals surface area contributed by atoms with E-state index in [4.69, 9.17) is 0 Å². The third-order valence-electron chi connectivity index (χ3n) is 1.39. The van der Waals surface area contributed by atoms with Crippen molar-refractivity contribution in [2.24, 2.45) is 0 Å². The summed E-state index contributed by atoms with van der Waals surface area (Å²) in [6.07, 6.45) is 0. The molecule has 0 aliphatic carbocycles. The highest BCUT2D eigenvalue weighted by molar-refractivity contribution is 7.81. The van der Waals surface area contributed by atoms with Gasteiger partial charge in [-0.25, -0.2) is 0 Å². The molecule has 0 spiro atoms. The highest BCUT2D eigenvalue weighted by Gasteiger charge is 2.01. The summed E-state index contributed by atoms with van der Waals surface area (Å²) in [4.78, 5) is 1.02. The Morgan fingerprint density at radius 3 is 2.30 bits per heavy atom. The van der Waals surface area contributed by atoms with Crippen LogP contribution in [-0.4, -0.2) is 0 Å². The Bertz CT molecular complexity index is 218. The molecule has 0 fully saturated rings. The average Bonchev–Trinajstić information content (AvgIpc) is 1.88. The van der Waals surface area contributed by atoms with E-state index in [1.165, 1.54) is 5.56 Å². The third-order valence-corrected chi connectivity index (χ3v) is 2.07. The number of thiol groups is 2. The Kier molecular flexibility index (Phi) is 2.69. The van der Waals surface area contributed by atoms with Gasteiger partial charge in [-0.1, -0.05) is 18.2 Å². The summed E-state index contributed by atoms with van der Waals surface area (Å²) in [7, 11) is 0. The molecule has 0 bridgehead atoms. The van der Waals surface area contributed by atoms with Crippen molar-refractivity contribution in [3.63, 3.8) is 0 Å². The van der Waals surface area contributed by atoms with Crippen LogP contribution in [0, 0.1) is 0 Å². The molecule has 1 atom stereocenters. The molecule has 0 aliphatic rings. The maximum absolute atomic E-state index is 4.31. The van der Waals surface area contributed by atoms with E-state index in [-0.39, 0.29) is 5.25 Å². The largest absolute Gasteiger partial charge is 0.171 e. The maximum atomic E-state index is 4.31. The Labute approximate surface area is 72.5 Å². The third kappa shape index (κ3) is 1.70. The van der Waals surface area contributed by atoms with Gasteiger partial charge >= 0.3 is 0 Å². The molecule has 0 aromatic heterocycles. The van der Waals surface area contributed by atoms with Crippen LogP contribution in [0.2, 0.25) is 0 Å². The first-order valence-corrected chi connectivity index (χ1v) is 4.14. The Morgan fingerprint density at radius 1 is 1.30 bits per heavy atom. The SMILES string of the molecule is CC(S)c1ccccc1S. The van der Waals surface area contributed by atoms with Crippen molar-refractivity contribution in [1.29, 1.82) is 0 Å². The van der Waals surface area contributed by atoms with E-state index >= 15 is 0 Å². The summed E-state index contributed by atoms with van der Waals surface area (Å²) in [6.45, 7) is 2.04. The van der Waals surface area contributed by atoms with E-state index < -0.39 is 0 Å². The van der Waals surface area contributed by atoms with Crippen LogP contribution in [0.3, 0.4) is 0 Å². The standard InChI is InChI=1S/C8H10S2/c1-6(9)7-4-2-3-5-8(7)10/h2-6,9-10H,1H3. The smallest absolute Gasteiger partial charge is 0.0249 e. The van der Waals surface area contributed by atoms with Gasteiger partial charge in [0.25, 0.3) is 0 Å². The van der Waals surface area contributed by atoms with Crippen molar-refractivity contribution in [3.8, 4) is 0 Å². The molecule has 1 aromatic carbocycles. The van der Waals surface area contributed by atoms with Crippen molar-refractivity contribution in [2.45, 2.75) is 17.1 Å². The zero-order valence-corrected chi connectivity index (χ0v) is 7.57. The lowest BCUT2D eigenvalue weighted by Crippen LogP contribution is -1.84. The molecule has 0 saturated heterocycles. The normalized spacial score (nSPS) is 13.1. The number of hydrogen-bond donors (Lipinski definition) is 2. The number of rotatable bonds is 1. The first kappa shape index (κ1) is 8.02. The Hall–Kier alpha value is -0.0800. The van der Waals surface area contributed by atoms with Gasteiger partial charge in [-0.05, 0) is 18.6 Å². The highest BCUT2D eigenvalue weighted by atomic mass is 32.1. The van der Waals surface area contributed by atoms with Crippen LogP contribution in [0.4, 0.5) is 0 Å². The fourth-order valence-electron chi connectivity index (χ4n) is 0.841. The van der Waals surface area contributed by atoms with Gasteiger partial charge in [-0.3, -0.25) is 0 Å². The second kappa shape index (κ2) is 3.35. The molecular formula is C8H10S2. The quantitative estimate of drug-likeness (QED) is 0.595. The molecule has 1 aromatic rings. The van der Waals surface area contributed by atoms with E-state index in [2.05, 4.69) is 25.3 Å². The fraction of sp³-hybridized carbons (Fsp3) is 0.250. The maximum Gasteiger partial charge on any atom is 0.0249 e. The van der Waals surface area contributed by atoms with Gasteiger partial charge in [0, 0.05) is 10.1 Å². The molecule has 1 unspecified atom stereocenters. The summed E-state index contributed by atoms with van der Waals surface area (Å²) in [6, 6.07) is 7.99. The summed E-state index contributed by atoms with van der Waals surface area (Å²) in [5, 5.41) is 0.272. The molecule has 0 nitrogen and oxygen atoms in total. The lowest BCUT2D eigenvalue weighted by Gasteiger charge is -2.05. The van der Waals surface area contributed by atoms with E-state index in [0.29, 0.717) is 0 Å². The minimum Gasteiger partial charge on any atom is -0.171 e. The lowest BCUT2D eigenvalue weighted by molar-refractivity contribution is 1.06. The summed E-state index contributed by atoms with van der Waals surface area (Å²) >= 11 is 8.60. The molecule has 2 heteroatoms. The molecule has 0 heterocycles. The molecule has 0 amide bonds. The van der Waals surface area contributed by atoms with Crippen LogP contribution in [0.1, 0.15) is 17.7 Å². The van der Waals surface area contributed by atoms with Crippen molar-refractivity contribution in [1.82, 2.24) is 0 Å². The fourth-order valence-corrected chi connectivity index (χ4v) is 1.52. The van der Waals surface area contributed by atoms with Gasteiger partial charge in [-0.15, -0.1) is 12.6 Å². The zero-order chi connectivity index (χ0) is 7.56. The predicted octanol–water partition coefficient (Wildman–Crippen LogP) is 2.97. The van der Waals surface area contributed by atoms with Gasteiger partial charge in [0.05, 0.1) is 0 Å². The molecule has 1 rings (SSSR count). The van der Waals surface area contributed by atoms with Gasteiger partial charge in [-0.2, -0.15) is 12.6 Å². The van der Waals surface area contributed by atoms with E-state index in [9.17, 15) is 0 Å². The van der Waals surface area contributed by atoms with Crippen LogP contribution in [0.15, 0.2) is 29.2 Å². The first-order chi connectivity index (χ1) is 4.72. The Morgan fingerprint density at radius 2 is 1.90 bits per heavy atom. The summed E-state index contributed by atoms with van der Waals surface area (Å²) in [5.74, 6) is 0. The van der Waals surface area contributed by atoms with Gasteiger partial charge < -0.3 is 0 Å². The van der Waals surface area contributed by atoms with Crippen molar-refractivity contribution < 1.29 is 0 Å². The predicted molar refractivity (Wildman–Crippen MR) is 51.1 cm³/mol. The molecule has 54 valence electrons. The molecule has 0 N–H and O–H groups in total. The Balaban J connectivity index is 3.03. The van der Waals surface area contributed by atoms with Crippen molar-refractivity contribution >= 4 is 25.3 Å². The molecular weight excluding hydrogens is 160 g/mol. The van der Waals surface area contributed by atoms with E-state index in [1.807, 2.05) is 31.2 Å². The molecule has 10 heavy (non-hydrogen) atoms. The number of hydrogen-bond acceptors (Lipinski definition) is 2. The van der Waals surface area contributed by atoms with Gasteiger partial charge in [0.2, 0.25) is 0 Å². The molecule has 0 radical (unpaired) electrons. The minimum atomic E-state index is 0.272. The summed E-state index contributed by atoms with van der Waals surface area (Å²) in [5.41, 5.74) is 1.19. The lowest BCUT2D eigenvalue weighted by atomic mass is 10.2. The second-order valence-electron chi connectivity index (χ2n) is 2.23. The van der Waals surface area contributed by atoms with Crippen LogP contribution < -0.4 is 0 Å². The minimum absolute atomic E-state index is 0.272. The molecule has 0 saturated carbocycles. The van der Waals surface area contributed by atoms with E-state index in [1.54, 1.807) is 0 Å². The topological polar surface area (TPSA) is 0 Å². The molecule has 0 aliphatic heterocycles.